The van der Waals surface area contributed by atoms with Crippen LogP contribution in [0.4, 0.5) is 18.9 Å². The summed E-state index contributed by atoms with van der Waals surface area (Å²) in [6.45, 7) is 2.39. The molecule has 0 radical (unpaired) electrons. The van der Waals surface area contributed by atoms with Gasteiger partial charge in [0, 0.05) is 6.54 Å². The van der Waals surface area contributed by atoms with Crippen molar-refractivity contribution >= 4 is 57.9 Å². The van der Waals surface area contributed by atoms with Gasteiger partial charge in [0.1, 0.15) is 10.2 Å². The highest BCUT2D eigenvalue weighted by molar-refractivity contribution is 6.50. The fourth-order valence-electron chi connectivity index (χ4n) is 3.85. The number of nitrogens with one attached hydrogen (secondary N) is 2. The Balaban J connectivity index is 1.86. The molecule has 180 valence electrons. The summed E-state index contributed by atoms with van der Waals surface area (Å²) in [4.78, 5) is 4.75. The molecule has 0 bridgehead atoms. The zero-order valence-electron chi connectivity index (χ0n) is 17.9. The van der Waals surface area contributed by atoms with Crippen LogP contribution in [0.15, 0.2) is 47.5 Å². The van der Waals surface area contributed by atoms with E-state index in [1.165, 1.54) is 0 Å². The quantitative estimate of drug-likeness (QED) is 0.167. The third-order valence-electron chi connectivity index (χ3n) is 5.94. The maximum atomic E-state index is 13.0. The van der Waals surface area contributed by atoms with Gasteiger partial charge in [-0.15, -0.1) is 23.2 Å². The molecule has 1 unspecified atom stereocenters. The van der Waals surface area contributed by atoms with Gasteiger partial charge in [-0.05, 0) is 43.9 Å². The predicted molar refractivity (Wildman–Crippen MR) is 132 cm³/mol. The molecule has 1 aliphatic carbocycles. The standard InChI is InChI=1S/C23H24Cl4F3N3/c1-21(10-5-6-11-22(21,26)27)20(31-12-9-15-7-3-2-4-8-15)33-32-19-17(24)13-16(14-18(19)25)23(28,29)30/h2-4,7-8,13-14,32H,5-6,9-12H2,1H3,(H,31,33). The summed E-state index contributed by atoms with van der Waals surface area (Å²) in [5.41, 5.74) is 5.43. The highest BCUT2D eigenvalue weighted by Gasteiger charge is 2.51. The lowest BCUT2D eigenvalue weighted by Gasteiger charge is -2.44. The molecule has 3 rings (SSSR count). The molecule has 1 aliphatic rings. The molecule has 2 aromatic rings. The van der Waals surface area contributed by atoms with Gasteiger partial charge in [-0.3, -0.25) is 15.8 Å². The van der Waals surface area contributed by atoms with Crippen LogP contribution in [-0.4, -0.2) is 16.7 Å². The van der Waals surface area contributed by atoms with Gasteiger partial charge in [0.05, 0.1) is 26.7 Å². The Labute approximate surface area is 211 Å². The molecule has 3 nitrogen and oxygen atoms in total. The van der Waals surface area contributed by atoms with E-state index in [2.05, 4.69) is 10.9 Å². The van der Waals surface area contributed by atoms with E-state index in [-0.39, 0.29) is 15.7 Å². The molecule has 10 heteroatoms. The molecule has 0 spiro atoms. The second-order valence-corrected chi connectivity index (χ2v) is 10.6. The van der Waals surface area contributed by atoms with Gasteiger partial charge in [0.25, 0.3) is 0 Å². The van der Waals surface area contributed by atoms with Crippen LogP contribution in [0.2, 0.25) is 10.0 Å². The molecule has 0 heterocycles. The second kappa shape index (κ2) is 10.5. The summed E-state index contributed by atoms with van der Waals surface area (Å²) >= 11 is 25.7. The third-order valence-corrected chi connectivity index (χ3v) is 7.74. The minimum absolute atomic E-state index is 0.108. The van der Waals surface area contributed by atoms with Crippen molar-refractivity contribution in [1.82, 2.24) is 5.43 Å². The van der Waals surface area contributed by atoms with Crippen molar-refractivity contribution < 1.29 is 13.2 Å². The van der Waals surface area contributed by atoms with Crippen molar-refractivity contribution in [2.45, 2.75) is 49.5 Å². The molecule has 2 aromatic carbocycles. The molecule has 0 saturated heterocycles. The molecule has 1 fully saturated rings. The van der Waals surface area contributed by atoms with E-state index in [9.17, 15) is 13.2 Å². The summed E-state index contributed by atoms with van der Waals surface area (Å²) in [6.07, 6.45) is -0.777. The Kier molecular flexibility index (Phi) is 8.37. The Morgan fingerprint density at radius 2 is 1.64 bits per heavy atom. The minimum Gasteiger partial charge on any atom is -0.297 e. The number of anilines is 1. The number of alkyl halides is 5. The largest absolute Gasteiger partial charge is 0.416 e. The summed E-state index contributed by atoms with van der Waals surface area (Å²) in [7, 11) is 0. The lowest BCUT2D eigenvalue weighted by molar-refractivity contribution is -0.137. The molecule has 0 aliphatic heterocycles. The van der Waals surface area contributed by atoms with E-state index < -0.39 is 21.5 Å². The van der Waals surface area contributed by atoms with E-state index in [4.69, 9.17) is 51.4 Å². The first-order valence-electron chi connectivity index (χ1n) is 10.5. The van der Waals surface area contributed by atoms with Crippen LogP contribution < -0.4 is 10.9 Å². The third kappa shape index (κ3) is 6.21. The number of hydrazine groups is 1. The van der Waals surface area contributed by atoms with Gasteiger partial charge in [0.15, 0.2) is 0 Å². The highest BCUT2D eigenvalue weighted by atomic mass is 35.5. The van der Waals surface area contributed by atoms with Gasteiger partial charge in [-0.1, -0.05) is 66.4 Å². The number of halogens is 7. The first kappa shape index (κ1) is 26.3. The van der Waals surface area contributed by atoms with Gasteiger partial charge in [0.2, 0.25) is 0 Å². The maximum absolute atomic E-state index is 13.0. The van der Waals surface area contributed by atoms with E-state index in [0.29, 0.717) is 31.6 Å². The number of benzene rings is 2. The predicted octanol–water partition coefficient (Wildman–Crippen LogP) is 8.32. The van der Waals surface area contributed by atoms with E-state index >= 15 is 0 Å². The number of aliphatic imine (C=N–C) groups is 1. The smallest absolute Gasteiger partial charge is 0.297 e. The average Bonchev–Trinajstić information content (AvgIpc) is 2.74. The summed E-state index contributed by atoms with van der Waals surface area (Å²) in [5, 5.41) is -0.356. The van der Waals surface area contributed by atoms with Crippen LogP contribution in [0.3, 0.4) is 0 Å². The van der Waals surface area contributed by atoms with Crippen molar-refractivity contribution in [1.29, 1.82) is 0 Å². The highest BCUT2D eigenvalue weighted by Crippen LogP contribution is 2.52. The fraction of sp³-hybridized carbons (Fsp3) is 0.435. The average molecular weight is 541 g/mol. The molecule has 2 N–H and O–H groups in total. The van der Waals surface area contributed by atoms with E-state index in [1.54, 1.807) is 0 Å². The lowest BCUT2D eigenvalue weighted by atomic mass is 9.73. The minimum atomic E-state index is -4.56. The van der Waals surface area contributed by atoms with Crippen LogP contribution in [0.25, 0.3) is 0 Å². The Morgan fingerprint density at radius 1 is 1.03 bits per heavy atom. The second-order valence-electron chi connectivity index (χ2n) is 8.27. The summed E-state index contributed by atoms with van der Waals surface area (Å²) in [5.74, 6) is 0.496. The lowest BCUT2D eigenvalue weighted by Crippen LogP contribution is -2.53. The SMILES string of the molecule is CC1(C(=NCCc2ccccc2)NNc2c(Cl)cc(C(F)(F)F)cc2Cl)CCCCC1(Cl)Cl. The van der Waals surface area contributed by atoms with Crippen LogP contribution in [0.1, 0.15) is 43.7 Å². The Morgan fingerprint density at radius 3 is 2.21 bits per heavy atom. The van der Waals surface area contributed by atoms with Gasteiger partial charge >= 0.3 is 6.18 Å². The van der Waals surface area contributed by atoms with Crippen LogP contribution >= 0.6 is 46.4 Å². The fourth-order valence-corrected chi connectivity index (χ4v) is 5.06. The molecule has 0 aromatic heterocycles. The van der Waals surface area contributed by atoms with Gasteiger partial charge < -0.3 is 0 Å². The first-order chi connectivity index (χ1) is 15.4. The van der Waals surface area contributed by atoms with Crippen LogP contribution in [-0.2, 0) is 12.6 Å². The molecule has 33 heavy (non-hydrogen) atoms. The molecule has 0 amide bonds. The molecule has 1 saturated carbocycles. The van der Waals surface area contributed by atoms with Gasteiger partial charge in [-0.2, -0.15) is 13.2 Å². The topological polar surface area (TPSA) is 36.4 Å². The zero-order valence-corrected chi connectivity index (χ0v) is 20.9. The molecular weight excluding hydrogens is 517 g/mol. The first-order valence-corrected chi connectivity index (χ1v) is 12.0. The molecule has 1 atom stereocenters. The molecular formula is C23H24Cl4F3N3. The number of hydrogen-bond donors (Lipinski definition) is 2. The van der Waals surface area contributed by atoms with Crippen molar-refractivity contribution in [2.75, 3.05) is 12.0 Å². The summed E-state index contributed by atoms with van der Waals surface area (Å²) in [6, 6.07) is 11.5. The van der Waals surface area contributed by atoms with E-state index in [0.717, 1.165) is 30.5 Å². The van der Waals surface area contributed by atoms with Crippen molar-refractivity contribution in [3.05, 3.63) is 63.6 Å². The number of rotatable bonds is 6. The number of hydrogen-bond acceptors (Lipinski definition) is 2. The normalized spacial score (nSPS) is 21.0. The van der Waals surface area contributed by atoms with Gasteiger partial charge in [-0.25, -0.2) is 0 Å². The summed E-state index contributed by atoms with van der Waals surface area (Å²) < 4.78 is 38.1. The van der Waals surface area contributed by atoms with E-state index in [1.807, 2.05) is 37.3 Å². The Hall–Kier alpha value is -1.34. The van der Waals surface area contributed by atoms with Crippen LogP contribution in [0, 0.1) is 5.41 Å². The zero-order chi connectivity index (χ0) is 24.3. The maximum Gasteiger partial charge on any atom is 0.416 e. The monoisotopic (exact) mass is 539 g/mol. The van der Waals surface area contributed by atoms with Crippen molar-refractivity contribution in [2.24, 2.45) is 10.4 Å². The van der Waals surface area contributed by atoms with Crippen molar-refractivity contribution in [3.63, 3.8) is 0 Å². The van der Waals surface area contributed by atoms with Crippen molar-refractivity contribution in [3.8, 4) is 0 Å². The number of nitrogens with zero attached hydrogens (tertiary/aromatic N) is 1. The number of amidine groups is 1. The Bertz CT molecular complexity index is 973. The van der Waals surface area contributed by atoms with Crippen LogP contribution in [0.5, 0.6) is 0 Å².